The van der Waals surface area contributed by atoms with Crippen LogP contribution in [0.15, 0.2) is 24.3 Å². The number of hydrogen-bond donors (Lipinski definition) is 6. The van der Waals surface area contributed by atoms with Gasteiger partial charge in [0.05, 0.1) is 6.04 Å². The predicted octanol–water partition coefficient (Wildman–Crippen LogP) is -0.557. The maximum absolute atomic E-state index is 14.7. The third-order valence-corrected chi connectivity index (χ3v) is 15.3. The number of aliphatic carboxylic acids is 1. The van der Waals surface area contributed by atoms with Crippen molar-refractivity contribution in [3.05, 3.63) is 29.8 Å². The first-order valence-corrected chi connectivity index (χ1v) is 25.8. The van der Waals surface area contributed by atoms with Gasteiger partial charge in [-0.3, -0.25) is 43.2 Å². The first-order chi connectivity index (χ1) is 34.3. The maximum atomic E-state index is 14.7. The normalized spacial score (nSPS) is 25.9. The predicted molar refractivity (Wildman–Crippen MR) is 258 cm³/mol. The number of nitrogens with two attached hydrogens (primary N) is 1. The summed E-state index contributed by atoms with van der Waals surface area (Å²) in [7, 11) is 0. The van der Waals surface area contributed by atoms with E-state index in [2.05, 4.69) is 16.0 Å². The lowest BCUT2D eigenvalue weighted by molar-refractivity contribution is -0.153. The van der Waals surface area contributed by atoms with E-state index in [-0.39, 0.29) is 56.7 Å². The molecule has 9 amide bonds. The summed E-state index contributed by atoms with van der Waals surface area (Å²) in [5, 5.41) is 28.0. The van der Waals surface area contributed by atoms with Gasteiger partial charge in [0, 0.05) is 45.7 Å². The van der Waals surface area contributed by atoms with E-state index in [1.807, 2.05) is 0 Å². The Morgan fingerprint density at radius 2 is 0.917 bits per heavy atom. The molecule has 6 saturated heterocycles. The van der Waals surface area contributed by atoms with Crippen molar-refractivity contribution in [3.63, 3.8) is 0 Å². The van der Waals surface area contributed by atoms with Crippen LogP contribution in [-0.4, -0.2) is 198 Å². The van der Waals surface area contributed by atoms with Crippen LogP contribution in [0.3, 0.4) is 0 Å². The van der Waals surface area contributed by atoms with Crippen molar-refractivity contribution in [2.75, 3.05) is 39.3 Å². The zero-order valence-corrected chi connectivity index (χ0v) is 41.8. The van der Waals surface area contributed by atoms with Crippen LogP contribution in [0.1, 0.15) is 110 Å². The second-order valence-corrected chi connectivity index (χ2v) is 20.7. The second kappa shape index (κ2) is 23.0. The van der Waals surface area contributed by atoms with Crippen molar-refractivity contribution in [1.29, 1.82) is 0 Å². The molecule has 6 aliphatic rings. The summed E-state index contributed by atoms with van der Waals surface area (Å²) in [5.41, 5.74) is 6.42. The van der Waals surface area contributed by atoms with Gasteiger partial charge in [-0.05, 0) is 115 Å². The highest BCUT2D eigenvalue weighted by Crippen LogP contribution is 2.31. The number of amides is 9. The van der Waals surface area contributed by atoms with Gasteiger partial charge in [-0.1, -0.05) is 26.0 Å². The SMILES string of the molecule is CC(C)[C@H](NC(=O)[C@@H]1CCCN1C(=O)[C@@H]1CCCN1C(=O)[C@@H]1CCCN1C(=O)[C@@H]1CCCN1C(=O)[C@H](Cc1ccc(O)cc1)NC(=O)[C@H](C)NC(=O)[C@@H]1CCCN1C(=O)[C@H](C)N)C(=O)N1CCC[C@H]1C(=O)O. The molecule has 0 aromatic heterocycles. The molecule has 72 heavy (non-hydrogen) atoms. The topological polar surface area (TPSA) is 293 Å². The van der Waals surface area contributed by atoms with Crippen molar-refractivity contribution in [1.82, 2.24) is 45.3 Å². The molecule has 6 heterocycles. The number of nitrogens with zero attached hydrogens (tertiary/aromatic N) is 6. The molecule has 1 aromatic carbocycles. The van der Waals surface area contributed by atoms with E-state index in [9.17, 15) is 58.2 Å². The number of phenolic OH excluding ortho intramolecular Hbond substituents is 1. The number of carbonyl (C=O) groups excluding carboxylic acids is 9. The number of hydrogen-bond acceptors (Lipinski definition) is 12. The minimum Gasteiger partial charge on any atom is -0.508 e. The molecule has 1 aromatic rings. The van der Waals surface area contributed by atoms with Gasteiger partial charge < -0.3 is 61.3 Å². The Labute approximate surface area is 419 Å². The number of phenols is 1. The highest BCUT2D eigenvalue weighted by Gasteiger charge is 2.49. The largest absolute Gasteiger partial charge is 0.508 e. The van der Waals surface area contributed by atoms with Crippen LogP contribution in [0, 0.1) is 5.92 Å². The van der Waals surface area contributed by atoms with Gasteiger partial charge in [-0.2, -0.15) is 0 Å². The zero-order chi connectivity index (χ0) is 52.1. The van der Waals surface area contributed by atoms with Crippen LogP contribution in [0.2, 0.25) is 0 Å². The van der Waals surface area contributed by atoms with Gasteiger partial charge in [0.1, 0.15) is 60.1 Å². The number of rotatable bonds is 16. The molecule has 394 valence electrons. The van der Waals surface area contributed by atoms with E-state index in [1.165, 1.54) is 55.4 Å². The molecule has 0 bridgehead atoms. The molecule has 6 fully saturated rings. The molecule has 0 saturated carbocycles. The van der Waals surface area contributed by atoms with Crippen molar-refractivity contribution in [2.45, 2.75) is 172 Å². The third-order valence-electron chi connectivity index (χ3n) is 15.3. The summed E-state index contributed by atoms with van der Waals surface area (Å²) in [4.78, 5) is 146. The fourth-order valence-electron chi connectivity index (χ4n) is 11.5. The molecule has 0 spiro atoms. The summed E-state index contributed by atoms with van der Waals surface area (Å²) >= 11 is 0. The number of aromatic hydroxyl groups is 1. The summed E-state index contributed by atoms with van der Waals surface area (Å²) in [6, 6.07) is -3.44. The van der Waals surface area contributed by atoms with Crippen molar-refractivity contribution in [2.24, 2.45) is 11.7 Å². The number of carbonyl (C=O) groups is 10. The van der Waals surface area contributed by atoms with Gasteiger partial charge in [0.2, 0.25) is 53.2 Å². The second-order valence-electron chi connectivity index (χ2n) is 20.7. The van der Waals surface area contributed by atoms with E-state index in [4.69, 9.17) is 5.73 Å². The monoisotopic (exact) mass is 1000 g/mol. The fraction of sp³-hybridized carbons (Fsp3) is 0.680. The van der Waals surface area contributed by atoms with Crippen LogP contribution in [0.4, 0.5) is 0 Å². The first-order valence-electron chi connectivity index (χ1n) is 25.8. The van der Waals surface area contributed by atoms with Crippen LogP contribution in [0.25, 0.3) is 0 Å². The Hall–Kier alpha value is -6.32. The van der Waals surface area contributed by atoms with Gasteiger partial charge in [0.25, 0.3) is 0 Å². The Bertz CT molecular complexity index is 2260. The highest BCUT2D eigenvalue weighted by atomic mass is 16.4. The highest BCUT2D eigenvalue weighted by molar-refractivity contribution is 5.99. The van der Waals surface area contributed by atoms with Gasteiger partial charge >= 0.3 is 5.97 Å². The van der Waals surface area contributed by atoms with E-state index in [1.54, 1.807) is 26.0 Å². The molecule has 0 aliphatic carbocycles. The molecule has 22 heteroatoms. The molecule has 0 unspecified atom stereocenters. The average molecular weight is 1010 g/mol. The number of likely N-dealkylation sites (tertiary alicyclic amines) is 6. The van der Waals surface area contributed by atoms with Crippen LogP contribution >= 0.6 is 0 Å². The molecule has 7 N–H and O–H groups in total. The third kappa shape index (κ3) is 11.5. The summed E-state index contributed by atoms with van der Waals surface area (Å²) < 4.78 is 0. The molecule has 0 radical (unpaired) electrons. The standard InChI is InChI=1S/C50H72N10O12/c1-28(2)40(49(70)60-26-10-16-39(60)50(71)72)54-43(64)35-12-6-22-56(35)46(67)37-14-8-24-58(37)48(69)38-15-9-25-59(38)47(68)36-13-7-23-57(36)45(66)33(27-31-17-19-32(61)20-18-31)53-41(62)30(4)52-42(63)34-11-5-21-55(34)44(65)29(3)51/h17-20,28-30,33-40,61H,5-16,21-27,51H2,1-4H3,(H,52,63)(H,53,62)(H,54,64)(H,71,72)/t29-,30-,33-,34-,35-,36-,37-,38-,39-,40-/m0/s1. The van der Waals surface area contributed by atoms with E-state index in [0.717, 1.165) is 0 Å². The molecular formula is C50H72N10O12. The summed E-state index contributed by atoms with van der Waals surface area (Å²) in [6.07, 6.45) is 5.17. The Kier molecular flexibility index (Phi) is 17.1. The Morgan fingerprint density at radius 1 is 0.528 bits per heavy atom. The van der Waals surface area contributed by atoms with E-state index >= 15 is 0 Å². The van der Waals surface area contributed by atoms with Gasteiger partial charge in [0.15, 0.2) is 0 Å². The van der Waals surface area contributed by atoms with Crippen LogP contribution in [-0.2, 0) is 54.4 Å². The number of carboxylic acid groups (broad SMARTS) is 1. The van der Waals surface area contributed by atoms with E-state index in [0.29, 0.717) is 89.2 Å². The van der Waals surface area contributed by atoms with Crippen LogP contribution in [0.5, 0.6) is 5.75 Å². The lowest BCUT2D eigenvalue weighted by Crippen LogP contribution is -2.60. The minimum absolute atomic E-state index is 0.000324. The lowest BCUT2D eigenvalue weighted by atomic mass is 10.0. The summed E-state index contributed by atoms with van der Waals surface area (Å²) in [5.74, 6) is -5.81. The molecular weight excluding hydrogens is 933 g/mol. The smallest absolute Gasteiger partial charge is 0.326 e. The van der Waals surface area contributed by atoms with Crippen molar-refractivity contribution < 1.29 is 58.2 Å². The van der Waals surface area contributed by atoms with Crippen molar-refractivity contribution in [3.8, 4) is 5.75 Å². The van der Waals surface area contributed by atoms with Crippen LogP contribution < -0.4 is 21.7 Å². The van der Waals surface area contributed by atoms with E-state index < -0.39 is 114 Å². The van der Waals surface area contributed by atoms with Gasteiger partial charge in [-0.15, -0.1) is 0 Å². The van der Waals surface area contributed by atoms with Crippen molar-refractivity contribution >= 4 is 59.1 Å². The molecule has 7 rings (SSSR count). The Morgan fingerprint density at radius 3 is 1.39 bits per heavy atom. The number of carboxylic acids is 1. The molecule has 6 aliphatic heterocycles. The quantitative estimate of drug-likeness (QED) is 0.121. The number of benzene rings is 1. The molecule has 22 nitrogen and oxygen atoms in total. The summed E-state index contributed by atoms with van der Waals surface area (Å²) in [6.45, 7) is 8.12. The Balaban J connectivity index is 1.01. The average Bonchev–Trinajstić information content (AvgIpc) is 4.22. The first kappa shape index (κ1) is 53.5. The fourth-order valence-corrected chi connectivity index (χ4v) is 11.5. The molecule has 10 atom stereocenters. The minimum atomic E-state index is -1.20. The number of nitrogens with one attached hydrogen (secondary N) is 3. The van der Waals surface area contributed by atoms with Gasteiger partial charge in [-0.25, -0.2) is 4.79 Å². The zero-order valence-electron chi connectivity index (χ0n) is 41.8. The maximum Gasteiger partial charge on any atom is 0.326 e. The lowest BCUT2D eigenvalue weighted by Gasteiger charge is -2.36.